The van der Waals surface area contributed by atoms with E-state index in [1.165, 1.54) is 173 Å². The molecule has 0 heterocycles. The van der Waals surface area contributed by atoms with Gasteiger partial charge in [0.1, 0.15) is 34.5 Å². The summed E-state index contributed by atoms with van der Waals surface area (Å²) in [6, 6.07) is 15.9. The number of hydrogen-bond acceptors (Lipinski definition) is 9. The van der Waals surface area contributed by atoms with Crippen LogP contribution in [0.4, 0.5) is 0 Å². The maximum atomic E-state index is 7.56. The Morgan fingerprint density at radius 1 is 0.186 bits per heavy atom. The largest absolute Gasteiger partial charge is 2.00 e. The van der Waals surface area contributed by atoms with Crippen molar-refractivity contribution in [1.29, 1.82) is 0 Å². The zero-order valence-corrected chi connectivity index (χ0v) is 71.0. The number of unbranched alkanes of at least 4 members (excludes halogenated alkanes) is 27. The predicted octanol–water partition coefficient (Wildman–Crippen LogP) is 24.0. The molecule has 0 bridgehead atoms. The third kappa shape index (κ3) is 49.3. The Morgan fingerprint density at radius 3 is 0.441 bits per heavy atom. The maximum absolute atomic E-state index is 7.56. The molecule has 0 aliphatic rings. The second kappa shape index (κ2) is 72.4. The van der Waals surface area contributed by atoms with Gasteiger partial charge in [0.2, 0.25) is 0 Å². The summed E-state index contributed by atoms with van der Waals surface area (Å²) in [5, 5.41) is 0. The van der Waals surface area contributed by atoms with Crippen molar-refractivity contribution < 1.29 is 106 Å². The second-order valence-corrected chi connectivity index (χ2v) is 25.1. The van der Waals surface area contributed by atoms with Crippen LogP contribution in [0.1, 0.15) is 327 Å². The molecule has 0 saturated heterocycles. The fourth-order valence-corrected chi connectivity index (χ4v) is 10.2. The van der Waals surface area contributed by atoms with Gasteiger partial charge in [0.05, 0.1) is 59.5 Å². The van der Waals surface area contributed by atoms with Crippen molar-refractivity contribution in [2.24, 2.45) is 0 Å². The summed E-state index contributed by atoms with van der Waals surface area (Å²) in [5.41, 5.74) is 3.58. The van der Waals surface area contributed by atoms with Crippen LogP contribution in [-0.2, 0) is 63.2 Å². The first-order chi connectivity index (χ1) is 48.6. The molecular formula is C90H126O9Pt3. The molecule has 0 amide bonds. The summed E-state index contributed by atoms with van der Waals surface area (Å²) >= 11 is 0. The Morgan fingerprint density at radius 2 is 0.314 bits per heavy atom. The van der Waals surface area contributed by atoms with E-state index in [9.17, 15) is 0 Å². The minimum absolute atomic E-state index is 0. The molecular weight excluding hydrogens is 1810 g/mol. The van der Waals surface area contributed by atoms with Crippen molar-refractivity contribution in [1.82, 2.24) is 0 Å². The summed E-state index contributed by atoms with van der Waals surface area (Å²) in [7, 11) is 0. The summed E-state index contributed by atoms with van der Waals surface area (Å²) < 4.78 is 54.8. The third-order valence-corrected chi connectivity index (χ3v) is 16.1. The van der Waals surface area contributed by atoms with Crippen LogP contribution in [0.25, 0.3) is 0 Å². The Balaban J connectivity index is -0.00000131. The van der Waals surface area contributed by atoms with E-state index in [1.807, 2.05) is 36.4 Å². The van der Waals surface area contributed by atoms with Crippen LogP contribution in [0.5, 0.6) is 51.7 Å². The number of ether oxygens (including phenoxy) is 9. The molecule has 0 saturated carbocycles. The standard InChI is InChI=1S/3C26H41O3.C12H3.3Pt/c3*1-5-9-12-15-18-27-24-21-23(8-4)22-25(28-19-16-13-10-6-2)26(24)29-20-17-14-11-7-3;1-4-10-7-11(5-2)9-12(6-3)8-10;;;/h3*21-22H,5-7,9-20H2,1-3H3;7-9H;;;/q3*-1;-3;3*+2. The molecule has 0 fully saturated rings. The molecule has 0 aliphatic heterocycles. The zero-order chi connectivity index (χ0) is 72.5. The van der Waals surface area contributed by atoms with Crippen LogP contribution in [-0.4, -0.2) is 59.5 Å². The molecule has 4 rings (SSSR count). The SMILES string of the molecule is [C-]#Cc1cc(C#[C-])cc(C#[C-])c1.[C-]#Cc1cc(OCCCCCC)c(OCCCCCC)c(OCCCCCC)c1.[C-]#Cc1cc(OCCCCCC)c(OCCCCCC)c(OCCCCCC)c1.[C-]#Cc1cc(OCCCCCC)c(OCCCCCC)c(OCCCCCC)c1.[Pt+2].[Pt+2].[Pt+2]. The fraction of sp³-hybridized carbons (Fsp3) is 0.600. The van der Waals surface area contributed by atoms with Gasteiger partial charge >= 0.3 is 63.2 Å². The molecule has 0 spiro atoms. The first-order valence-corrected chi connectivity index (χ1v) is 38.5. The fourth-order valence-electron chi connectivity index (χ4n) is 10.2. The van der Waals surface area contributed by atoms with Crippen molar-refractivity contribution in [3.05, 3.63) is 127 Å². The van der Waals surface area contributed by atoms with Crippen molar-refractivity contribution in [2.45, 2.75) is 293 Å². The number of benzene rings is 4. The molecule has 0 unspecified atom stereocenters. The van der Waals surface area contributed by atoms with Gasteiger partial charge in [0.15, 0.2) is 17.2 Å². The molecule has 0 N–H and O–H groups in total. The molecule has 570 valence electrons. The van der Waals surface area contributed by atoms with Crippen LogP contribution in [0.2, 0.25) is 0 Å². The van der Waals surface area contributed by atoms with E-state index < -0.39 is 0 Å². The average Bonchev–Trinajstić information content (AvgIpc) is 0.846. The van der Waals surface area contributed by atoms with E-state index in [-0.39, 0.29) is 63.2 Å². The average molecular weight is 1940 g/mol. The predicted molar refractivity (Wildman–Crippen MR) is 410 cm³/mol. The van der Waals surface area contributed by atoms with Crippen molar-refractivity contribution >= 4 is 0 Å². The number of rotatable bonds is 54. The van der Waals surface area contributed by atoms with Crippen LogP contribution in [0, 0.1) is 74.1 Å². The molecule has 0 aliphatic carbocycles. The van der Waals surface area contributed by atoms with Crippen molar-refractivity contribution in [3.8, 4) is 87.3 Å². The Bertz CT molecular complexity index is 2520. The van der Waals surface area contributed by atoms with Gasteiger partial charge in [-0.2, -0.15) is 16.7 Å². The molecule has 0 aromatic heterocycles. The normalized spacial score (nSPS) is 9.91. The van der Waals surface area contributed by atoms with Gasteiger partial charge in [-0.15, -0.1) is 16.7 Å². The maximum Gasteiger partial charge on any atom is 2.00 e. The Hall–Kier alpha value is -5.50. The minimum atomic E-state index is 0. The monoisotopic (exact) mass is 1940 g/mol. The molecule has 4 aromatic rings. The van der Waals surface area contributed by atoms with Gasteiger partial charge in [-0.1, -0.05) is 272 Å². The van der Waals surface area contributed by atoms with Gasteiger partial charge in [0.25, 0.3) is 0 Å². The quantitative estimate of drug-likeness (QED) is 0.0244. The Kier molecular flexibility index (Phi) is 71.5. The van der Waals surface area contributed by atoms with E-state index >= 15 is 0 Å². The summed E-state index contributed by atoms with van der Waals surface area (Å²) in [5.74, 6) is 20.1. The van der Waals surface area contributed by atoms with Gasteiger partial charge in [0, 0.05) is 0 Å². The first kappa shape index (κ1) is 101. The minimum Gasteiger partial charge on any atom is -0.491 e. The van der Waals surface area contributed by atoms with Crippen molar-refractivity contribution in [3.63, 3.8) is 0 Å². The second-order valence-electron chi connectivity index (χ2n) is 25.1. The summed E-state index contributed by atoms with van der Waals surface area (Å²) in [6.07, 6.45) is 84.9. The van der Waals surface area contributed by atoms with E-state index in [2.05, 4.69) is 97.8 Å². The molecule has 0 radical (unpaired) electrons. The van der Waals surface area contributed by atoms with Crippen molar-refractivity contribution in [2.75, 3.05) is 59.5 Å². The van der Waals surface area contributed by atoms with Gasteiger partial charge in [-0.25, -0.2) is 18.2 Å². The van der Waals surface area contributed by atoms with Crippen LogP contribution in [0.15, 0.2) is 54.6 Å². The van der Waals surface area contributed by atoms with E-state index in [0.29, 0.717) is 145 Å². The zero-order valence-electron chi connectivity index (χ0n) is 64.1. The van der Waals surface area contributed by atoms with E-state index in [1.54, 1.807) is 18.2 Å². The topological polar surface area (TPSA) is 83.1 Å². The molecule has 12 heteroatoms. The third-order valence-electron chi connectivity index (χ3n) is 16.1. The van der Waals surface area contributed by atoms with E-state index in [4.69, 9.17) is 81.2 Å². The van der Waals surface area contributed by atoms with Crippen LogP contribution >= 0.6 is 0 Å². The van der Waals surface area contributed by atoms with Gasteiger partial charge < -0.3 is 81.2 Å². The van der Waals surface area contributed by atoms with Gasteiger partial charge in [-0.3, -0.25) is 35.5 Å². The van der Waals surface area contributed by atoms with Crippen LogP contribution < -0.4 is 42.6 Å². The number of hydrogen-bond donors (Lipinski definition) is 0. The Labute approximate surface area is 667 Å². The smallest absolute Gasteiger partial charge is 0.491 e. The van der Waals surface area contributed by atoms with Gasteiger partial charge in [-0.05, 0) is 57.8 Å². The molecule has 0 atom stereocenters. The molecule has 4 aromatic carbocycles. The van der Waals surface area contributed by atoms with E-state index in [0.717, 1.165) is 57.8 Å². The molecule has 9 nitrogen and oxygen atoms in total. The summed E-state index contributed by atoms with van der Waals surface area (Å²) in [6.45, 7) is 25.8. The molecule has 102 heavy (non-hydrogen) atoms. The van der Waals surface area contributed by atoms with Crippen LogP contribution in [0.3, 0.4) is 0 Å². The first-order valence-electron chi connectivity index (χ1n) is 38.5. The summed E-state index contributed by atoms with van der Waals surface area (Å²) in [4.78, 5) is 0.